The van der Waals surface area contributed by atoms with E-state index in [0.29, 0.717) is 12.4 Å². The molecule has 130 valence electrons. The van der Waals surface area contributed by atoms with Crippen LogP contribution in [0.2, 0.25) is 0 Å². The van der Waals surface area contributed by atoms with Crippen LogP contribution < -0.4 is 9.64 Å². The van der Waals surface area contributed by atoms with Crippen LogP contribution in [0.4, 0.5) is 18.9 Å². The average molecular weight is 340 g/mol. The molecular weight excluding hydrogens is 321 g/mol. The first kappa shape index (κ1) is 16.6. The highest BCUT2D eigenvalue weighted by molar-refractivity contribution is 5.51. The van der Waals surface area contributed by atoms with Gasteiger partial charge in [-0.1, -0.05) is 0 Å². The van der Waals surface area contributed by atoms with Gasteiger partial charge in [0.2, 0.25) is 0 Å². The Morgan fingerprint density at radius 2 is 1.96 bits per heavy atom. The minimum absolute atomic E-state index is 0.217. The number of ether oxygens (including phenoxy) is 1. The molecule has 0 unspecified atom stereocenters. The highest BCUT2D eigenvalue weighted by atomic mass is 19.3. The molecule has 0 radical (unpaired) electrons. The van der Waals surface area contributed by atoms with Gasteiger partial charge in [0.05, 0.1) is 13.7 Å². The van der Waals surface area contributed by atoms with Gasteiger partial charge in [-0.25, -0.2) is 9.37 Å². The molecule has 0 aliphatic carbocycles. The van der Waals surface area contributed by atoms with Crippen molar-refractivity contribution < 1.29 is 17.9 Å². The Kier molecular flexibility index (Phi) is 4.94. The molecule has 0 bridgehead atoms. The van der Waals surface area contributed by atoms with E-state index in [9.17, 15) is 13.2 Å². The van der Waals surface area contributed by atoms with Crippen LogP contribution in [0.25, 0.3) is 0 Å². The van der Waals surface area contributed by atoms with Crippen LogP contribution in [0.3, 0.4) is 0 Å². The fourth-order valence-corrected chi connectivity index (χ4v) is 2.85. The normalized spacial score (nSPS) is 16.0. The molecule has 5 nitrogen and oxygen atoms in total. The number of hydrogen-bond donors (Lipinski definition) is 0. The van der Waals surface area contributed by atoms with Crippen molar-refractivity contribution in [2.75, 3.05) is 38.2 Å². The predicted octanol–water partition coefficient (Wildman–Crippen LogP) is 2.75. The quantitative estimate of drug-likeness (QED) is 0.838. The molecule has 0 amide bonds. The zero-order chi connectivity index (χ0) is 17.1. The molecule has 8 heteroatoms. The second kappa shape index (κ2) is 7.12. The lowest BCUT2D eigenvalue weighted by Gasteiger charge is -2.36. The molecule has 1 aliphatic rings. The molecule has 0 spiro atoms. The minimum Gasteiger partial charge on any atom is -0.494 e. The second-order valence-corrected chi connectivity index (χ2v) is 5.61. The summed E-state index contributed by atoms with van der Waals surface area (Å²) >= 11 is 0. The Bertz CT molecular complexity index is 684. The van der Waals surface area contributed by atoms with E-state index in [0.717, 1.165) is 36.4 Å². The summed E-state index contributed by atoms with van der Waals surface area (Å²) in [5, 5.41) is 0. The van der Waals surface area contributed by atoms with E-state index in [1.54, 1.807) is 12.1 Å². The summed E-state index contributed by atoms with van der Waals surface area (Å²) in [5.41, 5.74) is 0.891. The lowest BCUT2D eigenvalue weighted by atomic mass is 10.2. The van der Waals surface area contributed by atoms with Crippen molar-refractivity contribution in [1.29, 1.82) is 0 Å². The van der Waals surface area contributed by atoms with Gasteiger partial charge >= 0.3 is 6.55 Å². The fraction of sp³-hybridized carbons (Fsp3) is 0.438. The Labute approximate surface area is 138 Å². The molecular formula is C16H19F3N4O. The highest BCUT2D eigenvalue weighted by Gasteiger charge is 2.21. The van der Waals surface area contributed by atoms with Crippen molar-refractivity contribution in [1.82, 2.24) is 14.5 Å². The van der Waals surface area contributed by atoms with Crippen LogP contribution in [0, 0.1) is 5.82 Å². The number of nitrogens with zero attached hydrogens (tertiary/aromatic N) is 4. The Morgan fingerprint density at radius 3 is 2.62 bits per heavy atom. The van der Waals surface area contributed by atoms with Gasteiger partial charge in [-0.2, -0.15) is 8.78 Å². The van der Waals surface area contributed by atoms with Gasteiger partial charge in [-0.3, -0.25) is 9.47 Å². The third-order valence-corrected chi connectivity index (χ3v) is 4.20. The zero-order valence-electron chi connectivity index (χ0n) is 13.3. The van der Waals surface area contributed by atoms with Gasteiger partial charge < -0.3 is 9.64 Å². The van der Waals surface area contributed by atoms with Crippen molar-refractivity contribution in [3.05, 3.63) is 42.2 Å². The molecule has 0 saturated carbocycles. The Balaban J connectivity index is 1.60. The molecule has 0 atom stereocenters. The number of rotatable bonds is 5. The topological polar surface area (TPSA) is 33.5 Å². The van der Waals surface area contributed by atoms with Crippen molar-refractivity contribution in [3.8, 4) is 5.75 Å². The number of methoxy groups -OCH3 is 1. The summed E-state index contributed by atoms with van der Waals surface area (Å²) in [6.07, 6.45) is 2.68. The van der Waals surface area contributed by atoms with Gasteiger partial charge in [0.15, 0.2) is 11.6 Å². The lowest BCUT2D eigenvalue weighted by molar-refractivity contribution is 0.0637. The number of imidazole rings is 1. The number of alkyl halides is 2. The van der Waals surface area contributed by atoms with E-state index < -0.39 is 12.4 Å². The number of hydrogen-bond acceptors (Lipinski definition) is 4. The third kappa shape index (κ3) is 3.48. The smallest absolute Gasteiger partial charge is 0.319 e. The number of benzene rings is 1. The van der Waals surface area contributed by atoms with Crippen molar-refractivity contribution in [2.45, 2.75) is 13.1 Å². The number of aromatic nitrogens is 2. The van der Waals surface area contributed by atoms with E-state index in [4.69, 9.17) is 4.74 Å². The fourth-order valence-electron chi connectivity index (χ4n) is 2.85. The summed E-state index contributed by atoms with van der Waals surface area (Å²) in [7, 11) is 1.44. The molecule has 1 saturated heterocycles. The van der Waals surface area contributed by atoms with Crippen molar-refractivity contribution >= 4 is 5.69 Å². The monoisotopic (exact) mass is 340 g/mol. The molecule has 1 aromatic carbocycles. The van der Waals surface area contributed by atoms with Crippen LogP contribution in [0.1, 0.15) is 12.4 Å². The molecule has 3 rings (SSSR count). The van der Waals surface area contributed by atoms with Crippen LogP contribution in [-0.4, -0.2) is 47.7 Å². The molecule has 1 aliphatic heterocycles. The highest BCUT2D eigenvalue weighted by Crippen LogP contribution is 2.25. The summed E-state index contributed by atoms with van der Waals surface area (Å²) in [4.78, 5) is 8.22. The average Bonchev–Trinajstić information content (AvgIpc) is 3.04. The number of halogens is 3. The van der Waals surface area contributed by atoms with Crippen LogP contribution in [0.15, 0.2) is 30.6 Å². The van der Waals surface area contributed by atoms with Gasteiger partial charge in [-0.15, -0.1) is 0 Å². The van der Waals surface area contributed by atoms with Crippen LogP contribution in [-0.2, 0) is 6.54 Å². The van der Waals surface area contributed by atoms with E-state index in [-0.39, 0.29) is 5.75 Å². The summed E-state index contributed by atoms with van der Waals surface area (Å²) in [6, 6.07) is 4.78. The molecule has 0 N–H and O–H groups in total. The van der Waals surface area contributed by atoms with Crippen molar-refractivity contribution in [2.24, 2.45) is 0 Å². The zero-order valence-corrected chi connectivity index (χ0v) is 13.3. The van der Waals surface area contributed by atoms with Gasteiger partial charge in [0, 0.05) is 50.3 Å². The molecule has 1 fully saturated rings. The first-order chi connectivity index (χ1) is 11.6. The Morgan fingerprint density at radius 1 is 1.21 bits per heavy atom. The maximum absolute atomic E-state index is 13.5. The first-order valence-corrected chi connectivity index (χ1v) is 7.69. The van der Waals surface area contributed by atoms with E-state index in [1.807, 2.05) is 0 Å². The number of piperazine rings is 1. The predicted molar refractivity (Wildman–Crippen MR) is 83.9 cm³/mol. The van der Waals surface area contributed by atoms with Crippen LogP contribution in [0.5, 0.6) is 5.75 Å². The molecule has 2 heterocycles. The van der Waals surface area contributed by atoms with Crippen LogP contribution >= 0.6 is 0 Å². The number of anilines is 1. The molecule has 1 aromatic heterocycles. The van der Waals surface area contributed by atoms with E-state index >= 15 is 0 Å². The Hall–Kier alpha value is -2.22. The third-order valence-electron chi connectivity index (χ3n) is 4.20. The maximum atomic E-state index is 13.5. The molecule has 24 heavy (non-hydrogen) atoms. The lowest BCUT2D eigenvalue weighted by Crippen LogP contribution is -2.46. The van der Waals surface area contributed by atoms with Gasteiger partial charge in [0.1, 0.15) is 5.82 Å². The van der Waals surface area contributed by atoms with Crippen molar-refractivity contribution in [3.63, 3.8) is 0 Å². The van der Waals surface area contributed by atoms with Gasteiger partial charge in [0.25, 0.3) is 0 Å². The summed E-state index contributed by atoms with van der Waals surface area (Å²) < 4.78 is 45.1. The molecule has 2 aromatic rings. The van der Waals surface area contributed by atoms with E-state index in [1.165, 1.54) is 25.6 Å². The largest absolute Gasteiger partial charge is 0.494 e. The minimum atomic E-state index is -2.57. The van der Waals surface area contributed by atoms with Gasteiger partial charge in [-0.05, 0) is 12.1 Å². The summed E-state index contributed by atoms with van der Waals surface area (Å²) in [5.74, 6) is 0.189. The first-order valence-electron chi connectivity index (χ1n) is 7.69. The second-order valence-electron chi connectivity index (χ2n) is 5.61. The maximum Gasteiger partial charge on any atom is 0.319 e. The standard InChI is InChI=1S/C16H19F3N4O/c1-24-14-10-12(2-3-13(14)17)22-8-6-21(7-9-22)11-15-20-4-5-23(15)16(18)19/h2-5,10,16H,6-9,11H2,1H3. The summed E-state index contributed by atoms with van der Waals surface area (Å²) in [6.45, 7) is 0.702. The SMILES string of the molecule is COc1cc(N2CCN(Cc3nccn3C(F)F)CC2)ccc1F. The van der Waals surface area contributed by atoms with E-state index in [2.05, 4.69) is 14.8 Å².